The van der Waals surface area contributed by atoms with Gasteiger partial charge in [0.2, 0.25) is 0 Å². The van der Waals surface area contributed by atoms with Gasteiger partial charge >= 0.3 is 0 Å². The van der Waals surface area contributed by atoms with Crippen molar-refractivity contribution in [3.63, 3.8) is 0 Å². The van der Waals surface area contributed by atoms with Gasteiger partial charge in [0.25, 0.3) is 0 Å². The van der Waals surface area contributed by atoms with Gasteiger partial charge in [-0.25, -0.2) is 9.97 Å². The molecule has 2 fully saturated rings. The molecule has 1 saturated carbocycles. The van der Waals surface area contributed by atoms with Gasteiger partial charge in [-0.15, -0.1) is 11.3 Å². The molecule has 1 saturated heterocycles. The molecular weight excluding hydrogens is 446 g/mol. The molecule has 176 valence electrons. The smallest absolute Gasteiger partial charge is 0.183 e. The molecule has 3 heterocycles. The molecule has 0 amide bonds. The Kier molecular flexibility index (Phi) is 8.99. The summed E-state index contributed by atoms with van der Waals surface area (Å²) in [4.78, 5) is 9.29. The Hall–Kier alpha value is -1.45. The van der Waals surface area contributed by atoms with Crippen LogP contribution in [0.2, 0.25) is 5.02 Å². The predicted octanol–water partition coefficient (Wildman–Crippen LogP) is 4.66. The van der Waals surface area contributed by atoms with Crippen molar-refractivity contribution < 1.29 is 9.47 Å². The molecule has 2 aromatic heterocycles. The first-order valence-electron chi connectivity index (χ1n) is 11.6. The summed E-state index contributed by atoms with van der Waals surface area (Å²) in [7, 11) is 1.74. The van der Waals surface area contributed by atoms with Gasteiger partial charge in [-0.2, -0.15) is 0 Å². The minimum absolute atomic E-state index is 0.434. The second-order valence-corrected chi connectivity index (χ2v) is 9.93. The molecule has 2 aromatic rings. The minimum atomic E-state index is 0.434. The van der Waals surface area contributed by atoms with Crippen LogP contribution in [0, 0.1) is 5.92 Å². The number of nitrogens with zero attached hydrogens (tertiary/aromatic N) is 2. The Bertz CT molecular complexity index is 838. The maximum atomic E-state index is 6.48. The summed E-state index contributed by atoms with van der Waals surface area (Å²) < 4.78 is 10.6. The molecule has 7 nitrogen and oxygen atoms in total. The molecule has 0 aromatic carbocycles. The lowest BCUT2D eigenvalue weighted by Gasteiger charge is -2.30. The average Bonchev–Trinajstić information content (AvgIpc) is 3.30. The summed E-state index contributed by atoms with van der Waals surface area (Å²) in [6.07, 6.45) is 8.53. The van der Waals surface area contributed by atoms with Crippen LogP contribution in [0.5, 0.6) is 0 Å². The van der Waals surface area contributed by atoms with Crippen molar-refractivity contribution in [3.05, 3.63) is 22.7 Å². The molecule has 32 heavy (non-hydrogen) atoms. The maximum Gasteiger partial charge on any atom is 0.183 e. The zero-order valence-electron chi connectivity index (χ0n) is 18.7. The largest absolute Gasteiger partial charge is 0.383 e. The molecule has 1 aliphatic heterocycles. The van der Waals surface area contributed by atoms with E-state index in [1.54, 1.807) is 24.6 Å². The third-order valence-electron chi connectivity index (χ3n) is 6.34. The molecular formula is C23H34ClN5O2S. The third-order valence-corrected chi connectivity index (χ3v) is 7.44. The Morgan fingerprint density at radius 2 is 1.94 bits per heavy atom. The van der Waals surface area contributed by atoms with Crippen molar-refractivity contribution in [3.8, 4) is 11.3 Å². The number of ether oxygens (including phenoxy) is 2. The van der Waals surface area contributed by atoms with Gasteiger partial charge in [0.05, 0.1) is 17.3 Å². The van der Waals surface area contributed by atoms with E-state index < -0.39 is 0 Å². The fourth-order valence-electron chi connectivity index (χ4n) is 4.39. The molecule has 0 bridgehead atoms. The number of anilines is 2. The Morgan fingerprint density at radius 1 is 1.16 bits per heavy atom. The highest BCUT2D eigenvalue weighted by Crippen LogP contribution is 2.33. The summed E-state index contributed by atoms with van der Waals surface area (Å²) in [5.74, 6) is 1.52. The number of halogens is 1. The molecule has 9 heteroatoms. The van der Waals surface area contributed by atoms with Crippen molar-refractivity contribution >= 4 is 33.9 Å². The van der Waals surface area contributed by atoms with E-state index in [0.717, 1.165) is 93.6 Å². The minimum Gasteiger partial charge on any atom is -0.383 e. The highest BCUT2D eigenvalue weighted by Gasteiger charge is 2.21. The highest BCUT2D eigenvalue weighted by molar-refractivity contribution is 7.14. The van der Waals surface area contributed by atoms with Gasteiger partial charge < -0.3 is 25.4 Å². The van der Waals surface area contributed by atoms with E-state index in [4.69, 9.17) is 26.1 Å². The van der Waals surface area contributed by atoms with Crippen LogP contribution < -0.4 is 16.0 Å². The van der Waals surface area contributed by atoms with E-state index in [9.17, 15) is 0 Å². The second kappa shape index (κ2) is 12.1. The van der Waals surface area contributed by atoms with E-state index in [-0.39, 0.29) is 0 Å². The maximum absolute atomic E-state index is 6.48. The van der Waals surface area contributed by atoms with Crippen LogP contribution in [0.15, 0.2) is 17.6 Å². The Balaban J connectivity index is 1.31. The number of methoxy groups -OCH3 is 1. The molecule has 0 radical (unpaired) electrons. The highest BCUT2D eigenvalue weighted by atomic mass is 35.5. The summed E-state index contributed by atoms with van der Waals surface area (Å²) in [5, 5.41) is 14.3. The summed E-state index contributed by atoms with van der Waals surface area (Å²) in [6, 6.07) is 3.05. The van der Waals surface area contributed by atoms with E-state index >= 15 is 0 Å². The van der Waals surface area contributed by atoms with E-state index in [1.807, 2.05) is 6.07 Å². The first kappa shape index (κ1) is 23.7. The van der Waals surface area contributed by atoms with Crippen molar-refractivity contribution in [1.82, 2.24) is 15.3 Å². The third kappa shape index (κ3) is 6.78. The molecule has 3 N–H and O–H groups in total. The van der Waals surface area contributed by atoms with Crippen molar-refractivity contribution in [2.24, 2.45) is 5.92 Å². The predicted molar refractivity (Wildman–Crippen MR) is 132 cm³/mol. The number of rotatable bonds is 10. The molecule has 0 spiro atoms. The topological polar surface area (TPSA) is 80.3 Å². The number of nitrogens with one attached hydrogen (secondary N) is 3. The zero-order valence-corrected chi connectivity index (χ0v) is 20.3. The van der Waals surface area contributed by atoms with Gasteiger partial charge in [-0.1, -0.05) is 11.6 Å². The van der Waals surface area contributed by atoms with Crippen LogP contribution in [-0.2, 0) is 9.47 Å². The van der Waals surface area contributed by atoms with Gasteiger partial charge in [-0.3, -0.25) is 0 Å². The number of thiazole rings is 1. The van der Waals surface area contributed by atoms with Crippen LogP contribution in [0.4, 0.5) is 10.9 Å². The van der Waals surface area contributed by atoms with E-state index in [2.05, 4.69) is 26.3 Å². The Morgan fingerprint density at radius 3 is 2.72 bits per heavy atom. The zero-order chi connectivity index (χ0) is 22.2. The standard InChI is InChI=1S/C23H34ClN5O2S/c1-30-11-8-25-17-2-4-18(5-3-17)28-22-12-19(20(24)14-26-22)21-15-32-23(29-21)27-13-16-6-9-31-10-7-16/h12,14-18,25H,2-11,13H2,1H3,(H,26,28)(H,27,29). The number of pyridine rings is 1. The first-order chi connectivity index (χ1) is 15.7. The van der Waals surface area contributed by atoms with Crippen molar-refractivity contribution in [2.75, 3.05) is 50.7 Å². The van der Waals surface area contributed by atoms with Crippen LogP contribution in [0.1, 0.15) is 38.5 Å². The number of hydrogen-bond acceptors (Lipinski definition) is 8. The van der Waals surface area contributed by atoms with E-state index in [0.29, 0.717) is 23.0 Å². The van der Waals surface area contributed by atoms with E-state index in [1.165, 1.54) is 0 Å². The fourth-order valence-corrected chi connectivity index (χ4v) is 5.31. The molecule has 4 rings (SSSR count). The quantitative estimate of drug-likeness (QED) is 0.428. The van der Waals surface area contributed by atoms with Gasteiger partial charge in [-0.05, 0) is 50.5 Å². The molecule has 0 atom stereocenters. The SMILES string of the molecule is COCCNC1CCC(Nc2cc(-c3csc(NCC4CCOCC4)n3)c(Cl)cn2)CC1. The lowest BCUT2D eigenvalue weighted by Crippen LogP contribution is -2.38. The lowest BCUT2D eigenvalue weighted by atomic mass is 9.91. The normalized spacial score (nSPS) is 22.1. The first-order valence-corrected chi connectivity index (χ1v) is 12.9. The van der Waals surface area contributed by atoms with Crippen LogP contribution in [0.3, 0.4) is 0 Å². The average molecular weight is 480 g/mol. The molecule has 0 unspecified atom stereocenters. The van der Waals surface area contributed by atoms with Crippen molar-refractivity contribution in [2.45, 2.75) is 50.6 Å². The van der Waals surface area contributed by atoms with Crippen LogP contribution in [-0.4, -0.2) is 62.1 Å². The summed E-state index contributed by atoms with van der Waals surface area (Å²) >= 11 is 8.11. The van der Waals surface area contributed by atoms with Gasteiger partial charge in [0, 0.05) is 62.6 Å². The van der Waals surface area contributed by atoms with Gasteiger partial charge in [0.15, 0.2) is 5.13 Å². The fraction of sp³-hybridized carbons (Fsp3) is 0.652. The lowest BCUT2D eigenvalue weighted by molar-refractivity contribution is 0.0699. The molecule has 1 aliphatic carbocycles. The second-order valence-electron chi connectivity index (χ2n) is 8.66. The van der Waals surface area contributed by atoms with Crippen LogP contribution >= 0.6 is 22.9 Å². The summed E-state index contributed by atoms with van der Waals surface area (Å²) in [5.41, 5.74) is 1.82. The monoisotopic (exact) mass is 479 g/mol. The summed E-state index contributed by atoms with van der Waals surface area (Å²) in [6.45, 7) is 4.35. The Labute approximate surface area is 199 Å². The van der Waals surface area contributed by atoms with Crippen LogP contribution in [0.25, 0.3) is 11.3 Å². The molecule has 2 aliphatic rings. The number of hydrogen-bond donors (Lipinski definition) is 3. The number of aromatic nitrogens is 2. The van der Waals surface area contributed by atoms with Crippen molar-refractivity contribution in [1.29, 1.82) is 0 Å². The van der Waals surface area contributed by atoms with Gasteiger partial charge in [0.1, 0.15) is 5.82 Å².